The molecule has 4 heteroatoms. The summed E-state index contributed by atoms with van der Waals surface area (Å²) in [4.78, 5) is 25.3. The minimum absolute atomic E-state index is 0.0489. The second-order valence-electron chi connectivity index (χ2n) is 4.53. The van der Waals surface area contributed by atoms with Crippen molar-refractivity contribution >= 4 is 34.3 Å². The van der Waals surface area contributed by atoms with Crippen LogP contribution in [0.5, 0.6) is 0 Å². The van der Waals surface area contributed by atoms with Crippen molar-refractivity contribution in [1.82, 2.24) is 4.90 Å². The summed E-state index contributed by atoms with van der Waals surface area (Å²) in [6.45, 7) is 3.72. The van der Waals surface area contributed by atoms with Crippen LogP contribution in [0, 0.1) is 11.8 Å². The molecular formula is C12H22INO2. The van der Waals surface area contributed by atoms with Crippen LogP contribution in [0.25, 0.3) is 0 Å². The summed E-state index contributed by atoms with van der Waals surface area (Å²) >= 11 is 2.32. The molecule has 0 aliphatic rings. The highest BCUT2D eigenvalue weighted by Crippen LogP contribution is 2.17. The number of hydrogen-bond donors (Lipinski definition) is 0. The average molecular weight is 339 g/mol. The van der Waals surface area contributed by atoms with E-state index in [1.54, 1.807) is 14.1 Å². The van der Waals surface area contributed by atoms with Gasteiger partial charge in [0.1, 0.15) is 5.78 Å². The van der Waals surface area contributed by atoms with Gasteiger partial charge in [0.05, 0.1) is 5.92 Å². The Bertz CT molecular complexity index is 219. The van der Waals surface area contributed by atoms with Crippen molar-refractivity contribution in [3.63, 3.8) is 0 Å². The van der Waals surface area contributed by atoms with E-state index >= 15 is 0 Å². The molecule has 3 nitrogen and oxygen atoms in total. The van der Waals surface area contributed by atoms with Gasteiger partial charge in [-0.2, -0.15) is 0 Å². The predicted octanol–water partition coefficient (Wildman–Crippen LogP) is 2.52. The van der Waals surface area contributed by atoms with Crippen molar-refractivity contribution in [2.75, 3.05) is 18.5 Å². The first kappa shape index (κ1) is 15.9. The molecule has 0 N–H and O–H groups in total. The van der Waals surface area contributed by atoms with Crippen molar-refractivity contribution in [3.05, 3.63) is 0 Å². The molecule has 0 rings (SSSR count). The van der Waals surface area contributed by atoms with Gasteiger partial charge in [-0.25, -0.2) is 0 Å². The molecule has 0 spiro atoms. The predicted molar refractivity (Wildman–Crippen MR) is 74.8 cm³/mol. The molecule has 0 aromatic heterocycles. The Balaban J connectivity index is 4.50. The smallest absolute Gasteiger partial charge is 0.232 e. The van der Waals surface area contributed by atoms with Crippen molar-refractivity contribution < 1.29 is 9.59 Å². The zero-order valence-electron chi connectivity index (χ0n) is 10.6. The Labute approximate surface area is 112 Å². The molecule has 0 aromatic carbocycles. The maximum Gasteiger partial charge on any atom is 0.232 e. The number of hydrogen-bond acceptors (Lipinski definition) is 2. The molecule has 16 heavy (non-hydrogen) atoms. The lowest BCUT2D eigenvalue weighted by Gasteiger charge is -2.20. The van der Waals surface area contributed by atoms with E-state index in [1.165, 1.54) is 4.90 Å². The Morgan fingerprint density at radius 3 is 2.12 bits per heavy atom. The first-order valence-electron chi connectivity index (χ1n) is 5.72. The number of nitrogens with zero attached hydrogens (tertiary/aromatic N) is 1. The molecule has 0 bridgehead atoms. The largest absolute Gasteiger partial charge is 0.348 e. The first-order chi connectivity index (χ1) is 7.41. The molecule has 1 amide bonds. The number of alkyl halides is 1. The summed E-state index contributed by atoms with van der Waals surface area (Å²) in [6, 6.07) is 0. The molecule has 1 atom stereocenters. The molecule has 0 saturated carbocycles. The average Bonchev–Trinajstić information content (AvgIpc) is 2.22. The van der Waals surface area contributed by atoms with Gasteiger partial charge in [-0.1, -0.05) is 42.9 Å². The zero-order chi connectivity index (χ0) is 12.7. The van der Waals surface area contributed by atoms with Crippen LogP contribution in [0.1, 0.15) is 33.1 Å². The van der Waals surface area contributed by atoms with Gasteiger partial charge in [-0.05, 0) is 17.3 Å². The van der Waals surface area contributed by atoms with E-state index in [9.17, 15) is 9.59 Å². The van der Waals surface area contributed by atoms with E-state index < -0.39 is 5.92 Å². The number of halogens is 1. The molecule has 0 aliphatic carbocycles. The summed E-state index contributed by atoms with van der Waals surface area (Å²) in [5.41, 5.74) is 0. The number of ketones is 1. The quantitative estimate of drug-likeness (QED) is 0.309. The van der Waals surface area contributed by atoms with E-state index in [0.717, 1.165) is 17.3 Å². The summed E-state index contributed by atoms with van der Waals surface area (Å²) in [5.74, 6) is -0.467. The Kier molecular flexibility index (Phi) is 7.97. The number of amides is 1. The fourth-order valence-corrected chi connectivity index (χ4v) is 2.08. The summed E-state index contributed by atoms with van der Waals surface area (Å²) in [7, 11) is 3.42. The van der Waals surface area contributed by atoms with Crippen LogP contribution in [0.4, 0.5) is 0 Å². The van der Waals surface area contributed by atoms with Crippen LogP contribution < -0.4 is 0 Å². The summed E-state index contributed by atoms with van der Waals surface area (Å²) in [6.07, 6.45) is 2.71. The Morgan fingerprint density at radius 1 is 1.19 bits per heavy atom. The van der Waals surface area contributed by atoms with Gasteiger partial charge >= 0.3 is 0 Å². The fourth-order valence-electron chi connectivity index (χ4n) is 1.54. The third kappa shape index (κ3) is 5.27. The lowest BCUT2D eigenvalue weighted by atomic mass is 9.90. The minimum atomic E-state index is -0.432. The molecular weight excluding hydrogens is 317 g/mol. The van der Waals surface area contributed by atoms with E-state index in [2.05, 4.69) is 22.6 Å². The molecule has 1 unspecified atom stereocenters. The monoisotopic (exact) mass is 339 g/mol. The van der Waals surface area contributed by atoms with Gasteiger partial charge in [0.2, 0.25) is 5.91 Å². The second kappa shape index (κ2) is 8.03. The second-order valence-corrected chi connectivity index (χ2v) is 5.61. The van der Waals surface area contributed by atoms with E-state index in [0.29, 0.717) is 6.42 Å². The highest BCUT2D eigenvalue weighted by molar-refractivity contribution is 14.1. The number of unbranched alkanes of at least 4 members (excludes halogenated alkanes) is 1. The fraction of sp³-hybridized carbons (Fsp3) is 0.833. The van der Waals surface area contributed by atoms with E-state index in [4.69, 9.17) is 0 Å². The van der Waals surface area contributed by atoms with Crippen LogP contribution in [0.2, 0.25) is 0 Å². The maximum absolute atomic E-state index is 11.9. The van der Waals surface area contributed by atoms with Gasteiger partial charge in [0, 0.05) is 20.0 Å². The van der Waals surface area contributed by atoms with Crippen LogP contribution >= 0.6 is 22.6 Å². The summed E-state index contributed by atoms with van der Waals surface area (Å²) < 4.78 is 1.08. The lowest BCUT2D eigenvalue weighted by molar-refractivity contribution is -0.141. The summed E-state index contributed by atoms with van der Waals surface area (Å²) in [5, 5.41) is 0. The molecule has 0 fully saturated rings. The van der Waals surface area contributed by atoms with Crippen molar-refractivity contribution in [2.24, 2.45) is 11.8 Å². The normalized spacial score (nSPS) is 12.6. The van der Waals surface area contributed by atoms with Crippen molar-refractivity contribution in [3.8, 4) is 0 Å². The lowest BCUT2D eigenvalue weighted by Crippen LogP contribution is -2.36. The van der Waals surface area contributed by atoms with Crippen LogP contribution in [-0.2, 0) is 9.59 Å². The highest BCUT2D eigenvalue weighted by Gasteiger charge is 2.28. The molecule has 0 aliphatic heterocycles. The number of carbonyl (C=O) groups is 2. The van der Waals surface area contributed by atoms with Gasteiger partial charge in [-0.3, -0.25) is 9.59 Å². The molecule has 0 radical (unpaired) electrons. The SMILES string of the molecule is CC(C)C(=O)C(CCCCI)C(=O)N(C)C. The molecule has 94 valence electrons. The van der Waals surface area contributed by atoms with E-state index in [-0.39, 0.29) is 17.6 Å². The standard InChI is InChI=1S/C12H22INO2/c1-9(2)11(15)10(7-5-6-8-13)12(16)14(3)4/h9-10H,5-8H2,1-4H3. The van der Waals surface area contributed by atoms with Gasteiger partial charge in [-0.15, -0.1) is 0 Å². The number of rotatable bonds is 7. The minimum Gasteiger partial charge on any atom is -0.348 e. The topological polar surface area (TPSA) is 37.4 Å². The Hall–Kier alpha value is -0.130. The number of carbonyl (C=O) groups excluding carboxylic acids is 2. The van der Waals surface area contributed by atoms with Crippen LogP contribution in [0.15, 0.2) is 0 Å². The van der Waals surface area contributed by atoms with Crippen molar-refractivity contribution in [1.29, 1.82) is 0 Å². The zero-order valence-corrected chi connectivity index (χ0v) is 12.8. The first-order valence-corrected chi connectivity index (χ1v) is 7.25. The van der Waals surface area contributed by atoms with Crippen molar-refractivity contribution in [2.45, 2.75) is 33.1 Å². The molecule has 0 saturated heterocycles. The highest BCUT2D eigenvalue weighted by atomic mass is 127. The Morgan fingerprint density at radius 2 is 1.75 bits per heavy atom. The van der Waals surface area contributed by atoms with E-state index in [1.807, 2.05) is 13.8 Å². The van der Waals surface area contributed by atoms with Gasteiger partial charge in [0.25, 0.3) is 0 Å². The molecule has 0 aromatic rings. The third-order valence-electron chi connectivity index (χ3n) is 2.53. The number of Topliss-reactive ketones (excluding diaryl/α,β-unsaturated/α-hetero) is 1. The van der Waals surface area contributed by atoms with Crippen LogP contribution in [0.3, 0.4) is 0 Å². The third-order valence-corrected chi connectivity index (χ3v) is 3.29. The van der Waals surface area contributed by atoms with Gasteiger partial charge < -0.3 is 4.90 Å². The maximum atomic E-state index is 11.9. The molecule has 0 heterocycles. The van der Waals surface area contributed by atoms with Crippen LogP contribution in [-0.4, -0.2) is 35.1 Å². The van der Waals surface area contributed by atoms with Gasteiger partial charge in [0.15, 0.2) is 0 Å².